The zero-order valence-electron chi connectivity index (χ0n) is 19.3. The molecule has 2 rings (SSSR count). The molecular weight excluding hydrogens is 500 g/mol. The van der Waals surface area contributed by atoms with Crippen LogP contribution in [-0.2, 0) is 26.8 Å². The topological polar surface area (TPSA) is 171 Å². The summed E-state index contributed by atoms with van der Waals surface area (Å²) in [5.74, 6) is 0. The molecule has 192 valence electrons. The Bertz CT molecular complexity index is 1230. The number of nitro groups is 1. The van der Waals surface area contributed by atoms with E-state index in [9.17, 15) is 36.1 Å². The van der Waals surface area contributed by atoms with Gasteiger partial charge in [0.05, 0.1) is 16.8 Å². The van der Waals surface area contributed by atoms with Crippen LogP contribution in [0, 0.1) is 10.1 Å². The first-order valence-electron chi connectivity index (χ1n) is 10.8. The first kappa shape index (κ1) is 28.3. The van der Waals surface area contributed by atoms with Crippen molar-refractivity contribution in [2.45, 2.75) is 49.7 Å². The first-order chi connectivity index (χ1) is 16.3. The highest BCUT2D eigenvalue weighted by Gasteiger charge is 2.39. The van der Waals surface area contributed by atoms with Gasteiger partial charge in [-0.2, -0.15) is 21.9 Å². The molecule has 1 aromatic heterocycles. The van der Waals surface area contributed by atoms with Gasteiger partial charge in [-0.05, 0) is 25.0 Å². The Balaban J connectivity index is 1.99. The number of hydrogen-bond donors (Lipinski definition) is 2. The highest BCUT2D eigenvalue weighted by molar-refractivity contribution is 7.90. The number of aryl methyl sites for hydroxylation is 1. The molecule has 2 N–H and O–H groups in total. The van der Waals surface area contributed by atoms with Gasteiger partial charge in [0, 0.05) is 43.3 Å². The number of anilines is 1. The number of nitrogens with zero attached hydrogens (tertiary/aromatic N) is 4. The summed E-state index contributed by atoms with van der Waals surface area (Å²) in [7, 11) is -7.62. The van der Waals surface area contributed by atoms with Gasteiger partial charge in [-0.3, -0.25) is 24.2 Å². The first-order valence-corrected chi connectivity index (χ1v) is 13.8. The number of aromatic nitrogens is 1. The van der Waals surface area contributed by atoms with Gasteiger partial charge >= 0.3 is 0 Å². The van der Waals surface area contributed by atoms with Crippen molar-refractivity contribution in [1.82, 2.24) is 0 Å². The Morgan fingerprint density at radius 3 is 2.06 bits per heavy atom. The van der Waals surface area contributed by atoms with Crippen LogP contribution in [0.4, 0.5) is 11.4 Å². The van der Waals surface area contributed by atoms with Gasteiger partial charge < -0.3 is 0 Å². The fourth-order valence-corrected chi connectivity index (χ4v) is 6.41. The number of pyridine rings is 1. The van der Waals surface area contributed by atoms with Gasteiger partial charge in [-0.25, -0.2) is 4.57 Å². The van der Waals surface area contributed by atoms with Gasteiger partial charge in [0.15, 0.2) is 12.4 Å². The van der Waals surface area contributed by atoms with Crippen LogP contribution in [0.5, 0.6) is 0 Å². The Hall–Kier alpha value is -2.94. The number of benzene rings is 1. The van der Waals surface area contributed by atoms with E-state index in [1.54, 1.807) is 66.4 Å². The predicted molar refractivity (Wildman–Crippen MR) is 131 cm³/mol. The van der Waals surface area contributed by atoms with Crippen LogP contribution < -0.4 is 9.58 Å². The minimum absolute atomic E-state index is 0.0134. The van der Waals surface area contributed by atoms with Crippen molar-refractivity contribution in [1.29, 1.82) is 0 Å². The summed E-state index contributed by atoms with van der Waals surface area (Å²) in [4.78, 5) is 10.3. The number of non-ortho nitro benzene ring substituents is 1. The standard InChI is InChI=1S/C21H28N4O8S2/c1-3-5-20(34(28,29)30)21(35(31,32)33)6-4-13-24-14-11-17(12-15-24)16-22-23(2)18-7-9-19(10-8-18)25(26)27/h7-12,14-16,20-21H,3-6,13H2,1-2H3,(H-,28,29,30,31,32,33)/p+1. The lowest BCUT2D eigenvalue weighted by Gasteiger charge is -2.21. The molecule has 14 heteroatoms. The summed E-state index contributed by atoms with van der Waals surface area (Å²) >= 11 is 0. The third-order valence-electron chi connectivity index (χ3n) is 5.39. The molecule has 0 fully saturated rings. The second kappa shape index (κ2) is 12.2. The average molecular weight is 530 g/mol. The summed E-state index contributed by atoms with van der Waals surface area (Å²) < 4.78 is 67.6. The van der Waals surface area contributed by atoms with Crippen LogP contribution in [0.1, 0.15) is 38.2 Å². The highest BCUT2D eigenvalue weighted by Crippen LogP contribution is 2.22. The van der Waals surface area contributed by atoms with Crippen molar-refractivity contribution in [3.05, 3.63) is 64.5 Å². The molecular formula is C21H29N4O8S2+. The molecule has 35 heavy (non-hydrogen) atoms. The lowest BCUT2D eigenvalue weighted by Crippen LogP contribution is -2.40. The molecule has 1 heterocycles. The Morgan fingerprint density at radius 1 is 1.03 bits per heavy atom. The average Bonchev–Trinajstić information content (AvgIpc) is 2.78. The second-order valence-electron chi connectivity index (χ2n) is 7.95. The molecule has 0 saturated heterocycles. The van der Waals surface area contributed by atoms with E-state index in [0.717, 1.165) is 5.56 Å². The van der Waals surface area contributed by atoms with E-state index in [-0.39, 0.29) is 24.9 Å². The van der Waals surface area contributed by atoms with Crippen LogP contribution in [0.15, 0.2) is 53.9 Å². The van der Waals surface area contributed by atoms with Crippen molar-refractivity contribution >= 4 is 37.8 Å². The second-order valence-corrected chi connectivity index (χ2v) is 11.2. The van der Waals surface area contributed by atoms with Crippen molar-refractivity contribution in [3.63, 3.8) is 0 Å². The minimum Gasteiger partial charge on any atom is -0.285 e. The van der Waals surface area contributed by atoms with Crippen LogP contribution in [0.25, 0.3) is 0 Å². The summed E-state index contributed by atoms with van der Waals surface area (Å²) in [5, 5.41) is 13.4. The van der Waals surface area contributed by atoms with E-state index >= 15 is 0 Å². The summed E-state index contributed by atoms with van der Waals surface area (Å²) in [5.41, 5.74) is 1.42. The molecule has 0 radical (unpaired) electrons. The van der Waals surface area contributed by atoms with E-state index in [0.29, 0.717) is 18.7 Å². The zero-order valence-corrected chi connectivity index (χ0v) is 21.0. The molecule has 2 unspecified atom stereocenters. The smallest absolute Gasteiger partial charge is 0.269 e. The van der Waals surface area contributed by atoms with E-state index in [1.165, 1.54) is 12.1 Å². The predicted octanol–water partition coefficient (Wildman–Crippen LogP) is 2.45. The van der Waals surface area contributed by atoms with Gasteiger partial charge in [-0.1, -0.05) is 13.3 Å². The normalized spacial score (nSPS) is 14.1. The fourth-order valence-electron chi connectivity index (χ4n) is 3.53. The number of hydrazone groups is 1. The lowest BCUT2D eigenvalue weighted by molar-refractivity contribution is -0.697. The van der Waals surface area contributed by atoms with Crippen LogP contribution in [-0.4, -0.2) is 54.6 Å². The third-order valence-corrected chi connectivity index (χ3v) is 8.22. The maximum Gasteiger partial charge on any atom is 0.269 e. The van der Waals surface area contributed by atoms with E-state index in [4.69, 9.17) is 0 Å². The Morgan fingerprint density at radius 2 is 1.57 bits per heavy atom. The molecule has 12 nitrogen and oxygen atoms in total. The van der Waals surface area contributed by atoms with Crippen molar-refractivity contribution in [2.75, 3.05) is 12.1 Å². The molecule has 0 saturated carbocycles. The number of hydrogen-bond acceptors (Lipinski definition) is 8. The quantitative estimate of drug-likeness (QED) is 0.130. The molecule has 0 amide bonds. The van der Waals surface area contributed by atoms with Gasteiger partial charge in [0.25, 0.3) is 25.9 Å². The summed E-state index contributed by atoms with van der Waals surface area (Å²) in [6.07, 6.45) is 5.43. The van der Waals surface area contributed by atoms with Gasteiger partial charge in [0.2, 0.25) is 0 Å². The van der Waals surface area contributed by atoms with Crippen LogP contribution >= 0.6 is 0 Å². The van der Waals surface area contributed by atoms with Gasteiger partial charge in [-0.15, -0.1) is 0 Å². The monoisotopic (exact) mass is 529 g/mol. The molecule has 0 aliphatic heterocycles. The molecule has 1 aromatic carbocycles. The molecule has 0 aliphatic rings. The third kappa shape index (κ3) is 8.65. The van der Waals surface area contributed by atoms with Crippen molar-refractivity contribution in [2.24, 2.45) is 5.10 Å². The van der Waals surface area contributed by atoms with E-state index in [1.807, 2.05) is 0 Å². The molecule has 2 aromatic rings. The maximum absolute atomic E-state index is 11.8. The molecule has 0 bridgehead atoms. The number of rotatable bonds is 13. The zero-order chi connectivity index (χ0) is 26.2. The highest BCUT2D eigenvalue weighted by atomic mass is 32.2. The van der Waals surface area contributed by atoms with E-state index in [2.05, 4.69) is 5.10 Å². The van der Waals surface area contributed by atoms with Crippen LogP contribution in [0.2, 0.25) is 0 Å². The lowest BCUT2D eigenvalue weighted by atomic mass is 10.1. The SMILES string of the molecule is CCCC(C(CCC[n+]1ccc(C=NN(C)c2ccc([N+](=O)[O-])cc2)cc1)S(=O)(=O)O)S(=O)(=O)O. The van der Waals surface area contributed by atoms with Crippen LogP contribution in [0.3, 0.4) is 0 Å². The minimum atomic E-state index is -4.68. The molecule has 0 aliphatic carbocycles. The summed E-state index contributed by atoms with van der Waals surface area (Å²) in [6, 6.07) is 9.49. The molecule has 2 atom stereocenters. The fraction of sp³-hybridized carbons (Fsp3) is 0.429. The molecule has 0 spiro atoms. The Kier molecular flexibility index (Phi) is 9.82. The van der Waals surface area contributed by atoms with Crippen molar-refractivity contribution < 1.29 is 35.4 Å². The van der Waals surface area contributed by atoms with Gasteiger partial charge in [0.1, 0.15) is 17.0 Å². The van der Waals surface area contributed by atoms with E-state index < -0.39 is 35.7 Å². The maximum atomic E-state index is 11.8. The summed E-state index contributed by atoms with van der Waals surface area (Å²) in [6.45, 7) is 2.01. The Labute approximate surface area is 204 Å². The largest absolute Gasteiger partial charge is 0.285 e. The van der Waals surface area contributed by atoms with Crippen molar-refractivity contribution in [3.8, 4) is 0 Å². The number of nitro benzene ring substituents is 1.